The summed E-state index contributed by atoms with van der Waals surface area (Å²) in [5, 5.41) is 18.1. The molecule has 2 heterocycles. The standard InChI is InChI=1S/C18H20N4O/c1-12(2)17-18(21-20-15-6-4-13(3)5-7-15)22-9-8-14(11-23)10-16(22)19-17/h4-10,12,23H,11H2,1-3H3. The van der Waals surface area contributed by atoms with Crippen molar-refractivity contribution >= 4 is 17.2 Å². The van der Waals surface area contributed by atoms with Gasteiger partial charge in [0.15, 0.2) is 5.82 Å². The third-order valence-electron chi connectivity index (χ3n) is 3.71. The fourth-order valence-corrected chi connectivity index (χ4v) is 2.39. The van der Waals surface area contributed by atoms with Crippen LogP contribution in [-0.2, 0) is 6.61 Å². The van der Waals surface area contributed by atoms with E-state index >= 15 is 0 Å². The average molecular weight is 308 g/mol. The maximum atomic E-state index is 9.28. The van der Waals surface area contributed by atoms with Crippen LogP contribution in [0.15, 0.2) is 52.8 Å². The summed E-state index contributed by atoms with van der Waals surface area (Å²) in [6.07, 6.45) is 1.88. The number of aliphatic hydroxyl groups excluding tert-OH is 1. The molecule has 5 nitrogen and oxygen atoms in total. The highest BCUT2D eigenvalue weighted by molar-refractivity contribution is 5.54. The van der Waals surface area contributed by atoms with Gasteiger partial charge >= 0.3 is 0 Å². The van der Waals surface area contributed by atoms with Crippen molar-refractivity contribution in [1.82, 2.24) is 9.38 Å². The molecule has 0 spiro atoms. The van der Waals surface area contributed by atoms with E-state index in [1.807, 2.05) is 53.9 Å². The highest BCUT2D eigenvalue weighted by Gasteiger charge is 2.15. The van der Waals surface area contributed by atoms with Crippen LogP contribution in [0.1, 0.15) is 36.6 Å². The molecule has 3 aromatic rings. The van der Waals surface area contributed by atoms with E-state index in [9.17, 15) is 5.11 Å². The van der Waals surface area contributed by atoms with Crippen LogP contribution in [0.3, 0.4) is 0 Å². The molecule has 0 saturated carbocycles. The smallest absolute Gasteiger partial charge is 0.183 e. The molecular weight excluding hydrogens is 288 g/mol. The second kappa shape index (κ2) is 6.30. The first-order chi connectivity index (χ1) is 11.1. The van der Waals surface area contributed by atoms with Crippen molar-refractivity contribution in [2.45, 2.75) is 33.3 Å². The quantitative estimate of drug-likeness (QED) is 0.712. The van der Waals surface area contributed by atoms with Gasteiger partial charge in [0.25, 0.3) is 0 Å². The summed E-state index contributed by atoms with van der Waals surface area (Å²) < 4.78 is 1.91. The number of aliphatic hydroxyl groups is 1. The zero-order chi connectivity index (χ0) is 16.4. The van der Waals surface area contributed by atoms with Gasteiger partial charge in [-0.25, -0.2) is 4.98 Å². The average Bonchev–Trinajstić information content (AvgIpc) is 2.92. The van der Waals surface area contributed by atoms with Crippen molar-refractivity contribution in [3.05, 3.63) is 59.4 Å². The van der Waals surface area contributed by atoms with Gasteiger partial charge < -0.3 is 5.11 Å². The summed E-state index contributed by atoms with van der Waals surface area (Å²) in [5.74, 6) is 0.972. The molecule has 5 heteroatoms. The highest BCUT2D eigenvalue weighted by atomic mass is 16.3. The summed E-state index contributed by atoms with van der Waals surface area (Å²) in [6.45, 7) is 6.21. The van der Waals surface area contributed by atoms with Crippen molar-refractivity contribution in [3.63, 3.8) is 0 Å². The van der Waals surface area contributed by atoms with Gasteiger partial charge in [-0.05, 0) is 42.7 Å². The van der Waals surface area contributed by atoms with Crippen LogP contribution in [0.5, 0.6) is 0 Å². The Bertz CT molecular complexity index is 847. The lowest BCUT2D eigenvalue weighted by Gasteiger charge is -2.02. The third-order valence-corrected chi connectivity index (χ3v) is 3.71. The Kier molecular flexibility index (Phi) is 4.21. The lowest BCUT2D eigenvalue weighted by molar-refractivity contribution is 0.282. The van der Waals surface area contributed by atoms with E-state index in [1.54, 1.807) is 0 Å². The highest BCUT2D eigenvalue weighted by Crippen LogP contribution is 2.29. The number of hydrogen-bond donors (Lipinski definition) is 1. The third kappa shape index (κ3) is 3.14. The number of rotatable bonds is 4. The van der Waals surface area contributed by atoms with E-state index in [4.69, 9.17) is 0 Å². The molecule has 0 fully saturated rings. The first-order valence-electron chi connectivity index (χ1n) is 7.68. The van der Waals surface area contributed by atoms with Gasteiger partial charge in [0.05, 0.1) is 18.0 Å². The van der Waals surface area contributed by atoms with E-state index in [2.05, 4.69) is 29.1 Å². The lowest BCUT2D eigenvalue weighted by Crippen LogP contribution is -1.88. The molecule has 0 atom stereocenters. The molecule has 1 aromatic carbocycles. The monoisotopic (exact) mass is 308 g/mol. The molecule has 3 rings (SSSR count). The van der Waals surface area contributed by atoms with Crippen LogP contribution in [0.25, 0.3) is 5.65 Å². The molecule has 23 heavy (non-hydrogen) atoms. The second-order valence-electron chi connectivity index (χ2n) is 5.93. The van der Waals surface area contributed by atoms with Gasteiger partial charge in [-0.1, -0.05) is 31.5 Å². The molecular formula is C18H20N4O. The zero-order valence-electron chi connectivity index (χ0n) is 13.6. The number of benzene rings is 1. The number of aromatic nitrogens is 2. The molecule has 0 saturated heterocycles. The maximum Gasteiger partial charge on any atom is 0.183 e. The van der Waals surface area contributed by atoms with Crippen LogP contribution in [0, 0.1) is 6.92 Å². The Hall–Kier alpha value is -2.53. The molecule has 2 aromatic heterocycles. The number of hydrogen-bond acceptors (Lipinski definition) is 4. The second-order valence-corrected chi connectivity index (χ2v) is 5.93. The Balaban J connectivity index is 2.07. The SMILES string of the molecule is Cc1ccc(N=Nc2c(C(C)C)nc3cc(CO)ccn23)cc1. The Morgan fingerprint density at radius 1 is 1.13 bits per heavy atom. The molecule has 0 aliphatic heterocycles. The number of azo groups is 1. The van der Waals surface area contributed by atoms with E-state index < -0.39 is 0 Å². The van der Waals surface area contributed by atoms with Crippen LogP contribution in [0.4, 0.5) is 11.5 Å². The summed E-state index contributed by atoms with van der Waals surface area (Å²) in [4.78, 5) is 4.65. The van der Waals surface area contributed by atoms with Gasteiger partial charge in [-0.3, -0.25) is 4.40 Å². The molecule has 0 aliphatic rings. The van der Waals surface area contributed by atoms with Crippen molar-refractivity contribution in [2.24, 2.45) is 10.2 Å². The predicted octanol–water partition coefficient (Wildman–Crippen LogP) is 4.67. The number of pyridine rings is 1. The minimum Gasteiger partial charge on any atom is -0.392 e. The number of nitrogens with zero attached hydrogens (tertiary/aromatic N) is 4. The van der Waals surface area contributed by atoms with Gasteiger partial charge in [-0.2, -0.15) is 0 Å². The summed E-state index contributed by atoms with van der Waals surface area (Å²) in [6, 6.07) is 11.7. The fourth-order valence-electron chi connectivity index (χ4n) is 2.39. The van der Waals surface area contributed by atoms with Crippen molar-refractivity contribution in [3.8, 4) is 0 Å². The van der Waals surface area contributed by atoms with Crippen LogP contribution >= 0.6 is 0 Å². The minimum absolute atomic E-state index is 0.000585. The van der Waals surface area contributed by atoms with Crippen LogP contribution < -0.4 is 0 Å². The van der Waals surface area contributed by atoms with Crippen LogP contribution in [0.2, 0.25) is 0 Å². The Morgan fingerprint density at radius 2 is 1.87 bits per heavy atom. The van der Waals surface area contributed by atoms with Crippen LogP contribution in [-0.4, -0.2) is 14.5 Å². The van der Waals surface area contributed by atoms with E-state index in [-0.39, 0.29) is 12.5 Å². The fraction of sp³-hybridized carbons (Fsp3) is 0.278. The number of imidazole rings is 1. The predicted molar refractivity (Wildman–Crippen MR) is 90.6 cm³/mol. The van der Waals surface area contributed by atoms with E-state index in [0.717, 1.165) is 28.4 Å². The molecule has 0 amide bonds. The van der Waals surface area contributed by atoms with Crippen molar-refractivity contribution in [1.29, 1.82) is 0 Å². The summed E-state index contributed by atoms with van der Waals surface area (Å²) >= 11 is 0. The summed E-state index contributed by atoms with van der Waals surface area (Å²) in [7, 11) is 0. The van der Waals surface area contributed by atoms with Crippen molar-refractivity contribution < 1.29 is 5.11 Å². The van der Waals surface area contributed by atoms with E-state index in [1.165, 1.54) is 5.56 Å². The summed E-state index contributed by atoms with van der Waals surface area (Å²) in [5.41, 5.74) is 4.51. The van der Waals surface area contributed by atoms with Gasteiger partial charge in [0.1, 0.15) is 5.65 Å². The molecule has 0 aliphatic carbocycles. The molecule has 1 N–H and O–H groups in total. The van der Waals surface area contributed by atoms with Crippen molar-refractivity contribution in [2.75, 3.05) is 0 Å². The van der Waals surface area contributed by atoms with E-state index in [0.29, 0.717) is 0 Å². The molecule has 0 bridgehead atoms. The largest absolute Gasteiger partial charge is 0.392 e. The lowest BCUT2D eigenvalue weighted by atomic mass is 10.1. The van der Waals surface area contributed by atoms with Gasteiger partial charge in [0, 0.05) is 6.20 Å². The minimum atomic E-state index is 0.000585. The maximum absolute atomic E-state index is 9.28. The Morgan fingerprint density at radius 3 is 2.52 bits per heavy atom. The normalized spacial score (nSPS) is 11.9. The molecule has 118 valence electrons. The topological polar surface area (TPSA) is 62.2 Å². The molecule has 0 radical (unpaired) electrons. The Labute approximate surface area is 135 Å². The zero-order valence-corrected chi connectivity index (χ0v) is 13.6. The number of aryl methyl sites for hydroxylation is 1. The number of fused-ring (bicyclic) bond motifs is 1. The first-order valence-corrected chi connectivity index (χ1v) is 7.68. The molecule has 0 unspecified atom stereocenters. The van der Waals surface area contributed by atoms with Gasteiger partial charge in [0.2, 0.25) is 0 Å². The van der Waals surface area contributed by atoms with Gasteiger partial charge in [-0.15, -0.1) is 10.2 Å². The first kappa shape index (κ1) is 15.4.